The smallest absolute Gasteiger partial charge is 0.358 e. The van der Waals surface area contributed by atoms with Crippen molar-refractivity contribution in [3.8, 4) is 23.1 Å². The van der Waals surface area contributed by atoms with Gasteiger partial charge >= 0.3 is 5.97 Å². The molecule has 1 aliphatic rings. The Bertz CT molecular complexity index is 1230. The lowest BCUT2D eigenvalue weighted by molar-refractivity contribution is 0.0593. The lowest BCUT2D eigenvalue weighted by Crippen LogP contribution is -2.25. The number of carbonyl (C=O) groups excluding carboxylic acids is 1. The average molecular weight is 438 g/mol. The van der Waals surface area contributed by atoms with Crippen LogP contribution in [0.4, 0.5) is 5.69 Å². The number of fused-ring (bicyclic) bond motifs is 2. The molecular formula is C27H22N2O4. The molecule has 0 fully saturated rings. The van der Waals surface area contributed by atoms with E-state index in [1.807, 2.05) is 54.6 Å². The lowest BCUT2D eigenvalue weighted by Gasteiger charge is -2.28. The number of hydrogen-bond acceptors (Lipinski definition) is 6. The van der Waals surface area contributed by atoms with E-state index in [9.17, 15) is 4.79 Å². The standard InChI is InChI=1S/C27H22N2O4/c1-31-27(30)25-21(16-24-26(28-25)33-23-15-9-8-14-22(23)32-24)29(17-19-10-4-2-5-11-19)18-20-12-6-3-7-13-20/h2-16H,17-18H2,1H3. The predicted molar refractivity (Wildman–Crippen MR) is 125 cm³/mol. The number of para-hydroxylation sites is 2. The van der Waals surface area contributed by atoms with Crippen LogP contribution in [0.5, 0.6) is 23.1 Å². The van der Waals surface area contributed by atoms with Gasteiger partial charge in [0.2, 0.25) is 0 Å². The summed E-state index contributed by atoms with van der Waals surface area (Å²) in [6.07, 6.45) is 0. The number of benzene rings is 3. The molecule has 0 aliphatic carbocycles. The minimum atomic E-state index is -0.540. The van der Waals surface area contributed by atoms with Crippen LogP contribution in [0.3, 0.4) is 0 Å². The monoisotopic (exact) mass is 438 g/mol. The molecule has 0 bridgehead atoms. The van der Waals surface area contributed by atoms with Gasteiger partial charge in [-0.25, -0.2) is 9.78 Å². The summed E-state index contributed by atoms with van der Waals surface area (Å²) in [7, 11) is 1.35. The van der Waals surface area contributed by atoms with Crippen molar-refractivity contribution in [2.24, 2.45) is 0 Å². The summed E-state index contributed by atoms with van der Waals surface area (Å²) in [5.41, 5.74) is 2.98. The molecule has 5 rings (SSSR count). The molecule has 1 aliphatic heterocycles. The molecule has 0 amide bonds. The van der Waals surface area contributed by atoms with E-state index in [1.54, 1.807) is 12.1 Å². The molecule has 0 saturated carbocycles. The summed E-state index contributed by atoms with van der Waals surface area (Å²) < 4.78 is 17.1. The number of esters is 1. The third-order valence-corrected chi connectivity index (χ3v) is 5.36. The van der Waals surface area contributed by atoms with Crippen LogP contribution in [0.2, 0.25) is 0 Å². The van der Waals surface area contributed by atoms with Crippen LogP contribution in [0.15, 0.2) is 91.0 Å². The first kappa shape index (κ1) is 20.6. The Morgan fingerprint density at radius 3 is 1.91 bits per heavy atom. The van der Waals surface area contributed by atoms with Crippen molar-refractivity contribution in [3.63, 3.8) is 0 Å². The zero-order valence-corrected chi connectivity index (χ0v) is 18.1. The van der Waals surface area contributed by atoms with Gasteiger partial charge in [0.25, 0.3) is 5.88 Å². The Labute approximate surface area is 192 Å². The van der Waals surface area contributed by atoms with Crippen molar-refractivity contribution >= 4 is 11.7 Å². The summed E-state index contributed by atoms with van der Waals surface area (Å²) >= 11 is 0. The first-order valence-electron chi connectivity index (χ1n) is 10.6. The number of hydrogen-bond donors (Lipinski definition) is 0. The van der Waals surface area contributed by atoms with Crippen LogP contribution >= 0.6 is 0 Å². The van der Waals surface area contributed by atoms with Crippen LogP contribution < -0.4 is 14.4 Å². The number of nitrogens with zero attached hydrogens (tertiary/aromatic N) is 2. The Morgan fingerprint density at radius 1 is 0.788 bits per heavy atom. The minimum Gasteiger partial charge on any atom is -0.464 e. The maximum Gasteiger partial charge on any atom is 0.358 e. The maximum absolute atomic E-state index is 12.8. The molecule has 0 saturated heterocycles. The highest BCUT2D eigenvalue weighted by atomic mass is 16.6. The maximum atomic E-state index is 12.8. The highest BCUT2D eigenvalue weighted by Gasteiger charge is 2.28. The van der Waals surface area contributed by atoms with Gasteiger partial charge in [-0.15, -0.1) is 0 Å². The van der Waals surface area contributed by atoms with E-state index < -0.39 is 5.97 Å². The second kappa shape index (κ2) is 9.04. The van der Waals surface area contributed by atoms with Crippen molar-refractivity contribution in [3.05, 3.63) is 108 Å². The SMILES string of the molecule is COC(=O)c1nc2c(cc1N(Cc1ccccc1)Cc1ccccc1)Oc1ccccc1O2. The first-order chi connectivity index (χ1) is 16.2. The van der Waals surface area contributed by atoms with Crippen LogP contribution in [0, 0.1) is 0 Å². The summed E-state index contributed by atoms with van der Waals surface area (Å²) in [4.78, 5) is 19.4. The molecule has 1 aromatic heterocycles. The van der Waals surface area contributed by atoms with E-state index in [4.69, 9.17) is 14.2 Å². The number of pyridine rings is 1. The summed E-state index contributed by atoms with van der Waals surface area (Å²) in [5.74, 6) is 1.29. The first-order valence-corrected chi connectivity index (χ1v) is 10.6. The quantitative estimate of drug-likeness (QED) is 0.304. The number of anilines is 1. The van der Waals surface area contributed by atoms with Gasteiger partial charge in [0.1, 0.15) is 0 Å². The van der Waals surface area contributed by atoms with Gasteiger partial charge in [0.05, 0.1) is 12.8 Å². The molecule has 2 heterocycles. The third-order valence-electron chi connectivity index (χ3n) is 5.36. The lowest BCUT2D eigenvalue weighted by atomic mass is 10.1. The minimum absolute atomic E-state index is 0.172. The Hall–Kier alpha value is -4.32. The highest BCUT2D eigenvalue weighted by molar-refractivity contribution is 5.94. The number of carbonyl (C=O) groups is 1. The van der Waals surface area contributed by atoms with Gasteiger partial charge in [0.15, 0.2) is 22.9 Å². The molecule has 0 radical (unpaired) electrons. The van der Waals surface area contributed by atoms with Gasteiger partial charge in [0, 0.05) is 19.2 Å². The van der Waals surface area contributed by atoms with Crippen LogP contribution in [-0.4, -0.2) is 18.1 Å². The molecule has 0 N–H and O–H groups in total. The van der Waals surface area contributed by atoms with E-state index in [1.165, 1.54) is 7.11 Å². The molecule has 6 heteroatoms. The van der Waals surface area contributed by atoms with E-state index in [0.29, 0.717) is 36.0 Å². The third kappa shape index (κ3) is 4.36. The Kier molecular flexibility index (Phi) is 5.64. The zero-order chi connectivity index (χ0) is 22.6. The molecule has 0 spiro atoms. The number of aromatic nitrogens is 1. The van der Waals surface area contributed by atoms with Crippen LogP contribution in [0.1, 0.15) is 21.6 Å². The van der Waals surface area contributed by atoms with Crippen molar-refractivity contribution in [2.45, 2.75) is 13.1 Å². The molecule has 164 valence electrons. The highest BCUT2D eigenvalue weighted by Crippen LogP contribution is 2.46. The van der Waals surface area contributed by atoms with E-state index in [-0.39, 0.29) is 11.6 Å². The van der Waals surface area contributed by atoms with E-state index in [0.717, 1.165) is 11.1 Å². The van der Waals surface area contributed by atoms with Crippen molar-refractivity contribution < 1.29 is 19.0 Å². The molecular weight excluding hydrogens is 416 g/mol. The second-order valence-corrected chi connectivity index (χ2v) is 7.63. The summed E-state index contributed by atoms with van der Waals surface area (Å²) in [6, 6.07) is 29.3. The fourth-order valence-electron chi connectivity index (χ4n) is 3.78. The largest absolute Gasteiger partial charge is 0.464 e. The molecule has 3 aromatic carbocycles. The van der Waals surface area contributed by atoms with E-state index in [2.05, 4.69) is 34.1 Å². The molecule has 33 heavy (non-hydrogen) atoms. The predicted octanol–water partition coefficient (Wildman–Crippen LogP) is 5.97. The number of ether oxygens (including phenoxy) is 3. The summed E-state index contributed by atoms with van der Waals surface area (Å²) in [5, 5.41) is 0. The fourth-order valence-corrected chi connectivity index (χ4v) is 3.78. The van der Waals surface area contributed by atoms with Gasteiger partial charge in [-0.2, -0.15) is 0 Å². The Morgan fingerprint density at radius 2 is 1.33 bits per heavy atom. The number of rotatable bonds is 6. The van der Waals surface area contributed by atoms with Gasteiger partial charge < -0.3 is 19.1 Å². The summed E-state index contributed by atoms with van der Waals surface area (Å²) in [6.45, 7) is 1.13. The molecule has 6 nitrogen and oxygen atoms in total. The van der Waals surface area contributed by atoms with Gasteiger partial charge in [-0.3, -0.25) is 0 Å². The normalized spacial score (nSPS) is 11.4. The zero-order valence-electron chi connectivity index (χ0n) is 18.1. The van der Waals surface area contributed by atoms with Gasteiger partial charge in [-0.1, -0.05) is 72.8 Å². The van der Waals surface area contributed by atoms with E-state index >= 15 is 0 Å². The molecule has 0 atom stereocenters. The molecule has 4 aromatic rings. The van der Waals surface area contributed by atoms with Gasteiger partial charge in [-0.05, 0) is 23.3 Å². The van der Waals surface area contributed by atoms with Crippen molar-refractivity contribution in [2.75, 3.05) is 12.0 Å². The number of methoxy groups -OCH3 is 1. The van der Waals surface area contributed by atoms with Crippen LogP contribution in [-0.2, 0) is 17.8 Å². The Balaban J connectivity index is 1.60. The van der Waals surface area contributed by atoms with Crippen molar-refractivity contribution in [1.29, 1.82) is 0 Å². The molecule has 0 unspecified atom stereocenters. The topological polar surface area (TPSA) is 60.9 Å². The van der Waals surface area contributed by atoms with Crippen LogP contribution in [0.25, 0.3) is 0 Å². The second-order valence-electron chi connectivity index (χ2n) is 7.63. The average Bonchev–Trinajstić information content (AvgIpc) is 2.87. The van der Waals surface area contributed by atoms with Crippen molar-refractivity contribution in [1.82, 2.24) is 4.98 Å². The fraction of sp³-hybridized carbons (Fsp3) is 0.111.